The van der Waals surface area contributed by atoms with Crippen LogP contribution in [0.25, 0.3) is 0 Å². The Balaban J connectivity index is 4.35. The van der Waals surface area contributed by atoms with Crippen LogP contribution >= 0.6 is 0 Å². The Bertz CT molecular complexity index is 125. The van der Waals surface area contributed by atoms with Crippen molar-refractivity contribution in [2.75, 3.05) is 0 Å². The van der Waals surface area contributed by atoms with Crippen LogP contribution in [-0.4, -0.2) is 0 Å². The average Bonchev–Trinajstić information content (AvgIpc) is 2.11. The Morgan fingerprint density at radius 1 is 0.857 bits per heavy atom. The normalized spacial score (nSPS) is 12.9. The zero-order valence-corrected chi connectivity index (χ0v) is 11.2. The molecule has 0 bridgehead atoms. The highest BCUT2D eigenvalue weighted by Gasteiger charge is 2.34. The van der Waals surface area contributed by atoms with Gasteiger partial charge in [-0.2, -0.15) is 0 Å². The molecule has 0 aliphatic rings. The van der Waals surface area contributed by atoms with Gasteiger partial charge in [0, 0.05) is 0 Å². The summed E-state index contributed by atoms with van der Waals surface area (Å²) < 4.78 is 0. The van der Waals surface area contributed by atoms with Gasteiger partial charge in [0.25, 0.3) is 0 Å². The summed E-state index contributed by atoms with van der Waals surface area (Å²) in [6.45, 7) is 14.3. The maximum absolute atomic E-state index is 2.40. The van der Waals surface area contributed by atoms with Gasteiger partial charge in [-0.3, -0.25) is 0 Å². The third kappa shape index (κ3) is 3.29. The van der Waals surface area contributed by atoms with Crippen molar-refractivity contribution in [1.82, 2.24) is 0 Å². The van der Waals surface area contributed by atoms with Gasteiger partial charge in [-0.15, -0.1) is 0 Å². The Hall–Kier alpha value is 0. The number of hydrogen-bond donors (Lipinski definition) is 0. The van der Waals surface area contributed by atoms with Crippen molar-refractivity contribution in [2.24, 2.45) is 17.3 Å². The van der Waals surface area contributed by atoms with Gasteiger partial charge in [0.1, 0.15) is 0 Å². The number of hydrogen-bond acceptors (Lipinski definition) is 0. The minimum absolute atomic E-state index is 0.592. The van der Waals surface area contributed by atoms with E-state index >= 15 is 0 Å². The van der Waals surface area contributed by atoms with Crippen LogP contribution < -0.4 is 0 Å². The molecule has 86 valence electrons. The quantitative estimate of drug-likeness (QED) is 0.488. The second-order valence-electron chi connectivity index (χ2n) is 5.35. The van der Waals surface area contributed by atoms with E-state index in [4.69, 9.17) is 0 Å². The second-order valence-corrected chi connectivity index (χ2v) is 5.35. The molecule has 0 amide bonds. The highest BCUT2D eigenvalue weighted by Crippen LogP contribution is 2.43. The first-order chi connectivity index (χ1) is 6.51. The first-order valence-electron chi connectivity index (χ1n) is 6.51. The Labute approximate surface area is 91.5 Å². The topological polar surface area (TPSA) is 0 Å². The van der Waals surface area contributed by atoms with Gasteiger partial charge in [0.05, 0.1) is 0 Å². The van der Waals surface area contributed by atoms with E-state index in [9.17, 15) is 0 Å². The van der Waals surface area contributed by atoms with Crippen LogP contribution in [-0.2, 0) is 0 Å². The zero-order chi connectivity index (χ0) is 11.2. The van der Waals surface area contributed by atoms with E-state index in [1.165, 1.54) is 32.1 Å². The largest absolute Gasteiger partial charge is 0.0654 e. The van der Waals surface area contributed by atoms with Crippen molar-refractivity contribution in [3.05, 3.63) is 0 Å². The summed E-state index contributed by atoms with van der Waals surface area (Å²) >= 11 is 0. The summed E-state index contributed by atoms with van der Waals surface area (Å²) in [7, 11) is 0. The molecule has 0 aromatic heterocycles. The lowest BCUT2D eigenvalue weighted by atomic mass is 9.64. The van der Waals surface area contributed by atoms with Gasteiger partial charge in [0.15, 0.2) is 0 Å². The maximum Gasteiger partial charge on any atom is -0.0254 e. The zero-order valence-electron chi connectivity index (χ0n) is 11.2. The molecule has 0 fully saturated rings. The fraction of sp³-hybridized carbons (Fsp3) is 1.00. The summed E-state index contributed by atoms with van der Waals surface area (Å²) in [4.78, 5) is 0. The first-order valence-corrected chi connectivity index (χ1v) is 6.51. The SMILES string of the molecule is CCCCCC(CC)(C(C)C)C(C)C. The van der Waals surface area contributed by atoms with Crippen LogP contribution in [0.5, 0.6) is 0 Å². The lowest BCUT2D eigenvalue weighted by Gasteiger charge is -2.41. The first kappa shape index (κ1) is 14.0. The van der Waals surface area contributed by atoms with Crippen LogP contribution in [0.15, 0.2) is 0 Å². The predicted octanol–water partition coefficient (Wildman–Crippen LogP) is 5.28. The van der Waals surface area contributed by atoms with Crippen LogP contribution in [0.1, 0.15) is 73.6 Å². The molecule has 0 heterocycles. The predicted molar refractivity (Wildman–Crippen MR) is 66.5 cm³/mol. The third-order valence-corrected chi connectivity index (χ3v) is 4.20. The van der Waals surface area contributed by atoms with Crippen molar-refractivity contribution in [2.45, 2.75) is 73.6 Å². The second kappa shape index (κ2) is 6.48. The van der Waals surface area contributed by atoms with E-state index in [1.807, 2.05) is 0 Å². The van der Waals surface area contributed by atoms with Crippen LogP contribution in [0.2, 0.25) is 0 Å². The molecular formula is C14H30. The fourth-order valence-electron chi connectivity index (χ4n) is 2.94. The minimum Gasteiger partial charge on any atom is -0.0654 e. The van der Waals surface area contributed by atoms with Gasteiger partial charge in [-0.25, -0.2) is 0 Å². The van der Waals surface area contributed by atoms with Crippen molar-refractivity contribution >= 4 is 0 Å². The molecule has 0 aromatic carbocycles. The summed E-state index contributed by atoms with van der Waals surface area (Å²) in [6.07, 6.45) is 6.93. The standard InChI is InChI=1S/C14H30/c1-7-9-10-11-14(8-2,12(3)4)13(5)6/h12-13H,7-11H2,1-6H3. The number of rotatable bonds is 7. The van der Waals surface area contributed by atoms with Gasteiger partial charge in [-0.1, -0.05) is 60.8 Å². The number of unbranched alkanes of at least 4 members (excludes halogenated alkanes) is 2. The molecule has 0 nitrogen and oxygen atoms in total. The van der Waals surface area contributed by atoms with Crippen LogP contribution in [0.3, 0.4) is 0 Å². The van der Waals surface area contributed by atoms with E-state index in [-0.39, 0.29) is 0 Å². The Kier molecular flexibility index (Phi) is 6.48. The lowest BCUT2D eigenvalue weighted by molar-refractivity contribution is 0.0882. The van der Waals surface area contributed by atoms with Crippen LogP contribution in [0, 0.1) is 17.3 Å². The third-order valence-electron chi connectivity index (χ3n) is 4.20. The molecule has 0 atom stereocenters. The molecule has 14 heavy (non-hydrogen) atoms. The summed E-state index contributed by atoms with van der Waals surface area (Å²) in [5, 5.41) is 0. The molecule has 0 saturated carbocycles. The van der Waals surface area contributed by atoms with E-state index in [2.05, 4.69) is 41.5 Å². The van der Waals surface area contributed by atoms with Crippen LogP contribution in [0.4, 0.5) is 0 Å². The minimum atomic E-state index is 0.592. The average molecular weight is 198 g/mol. The van der Waals surface area contributed by atoms with Crippen molar-refractivity contribution in [3.63, 3.8) is 0 Å². The van der Waals surface area contributed by atoms with Gasteiger partial charge < -0.3 is 0 Å². The fourth-order valence-corrected chi connectivity index (χ4v) is 2.94. The van der Waals surface area contributed by atoms with Crippen molar-refractivity contribution < 1.29 is 0 Å². The summed E-state index contributed by atoms with van der Waals surface area (Å²) in [6, 6.07) is 0. The lowest BCUT2D eigenvalue weighted by Crippen LogP contribution is -2.32. The van der Waals surface area contributed by atoms with Gasteiger partial charge in [-0.05, 0) is 30.1 Å². The summed E-state index contributed by atoms with van der Waals surface area (Å²) in [5.41, 5.74) is 0.592. The molecule has 0 unspecified atom stereocenters. The Morgan fingerprint density at radius 3 is 1.64 bits per heavy atom. The van der Waals surface area contributed by atoms with Gasteiger partial charge >= 0.3 is 0 Å². The molecule has 0 aromatic rings. The molecule has 0 radical (unpaired) electrons. The molecule has 0 rings (SSSR count). The monoisotopic (exact) mass is 198 g/mol. The molecule has 0 heteroatoms. The molecule has 0 spiro atoms. The maximum atomic E-state index is 2.40. The smallest absolute Gasteiger partial charge is 0.0254 e. The van der Waals surface area contributed by atoms with Crippen molar-refractivity contribution in [1.29, 1.82) is 0 Å². The molecule has 0 aliphatic carbocycles. The van der Waals surface area contributed by atoms with Crippen molar-refractivity contribution in [3.8, 4) is 0 Å². The Morgan fingerprint density at radius 2 is 1.36 bits per heavy atom. The highest BCUT2D eigenvalue weighted by atomic mass is 14.4. The molecule has 0 saturated heterocycles. The van der Waals surface area contributed by atoms with E-state index in [0.29, 0.717) is 5.41 Å². The van der Waals surface area contributed by atoms with E-state index in [0.717, 1.165) is 11.8 Å². The highest BCUT2D eigenvalue weighted by molar-refractivity contribution is 4.84. The van der Waals surface area contributed by atoms with Gasteiger partial charge in [0.2, 0.25) is 0 Å². The van der Waals surface area contributed by atoms with E-state index in [1.54, 1.807) is 0 Å². The van der Waals surface area contributed by atoms with E-state index < -0.39 is 0 Å². The summed E-state index contributed by atoms with van der Waals surface area (Å²) in [5.74, 6) is 1.65. The molecule has 0 N–H and O–H groups in total. The molecular weight excluding hydrogens is 168 g/mol. The molecule has 0 aliphatic heterocycles.